The summed E-state index contributed by atoms with van der Waals surface area (Å²) in [5.74, 6) is 0.0219. The third kappa shape index (κ3) is 2.70. The van der Waals surface area contributed by atoms with Gasteiger partial charge in [0.25, 0.3) is 5.91 Å². The maximum absolute atomic E-state index is 11.6. The fraction of sp³-hybridized carbons (Fsp3) is 0.364. The van der Waals surface area contributed by atoms with Crippen molar-refractivity contribution in [1.82, 2.24) is 5.32 Å². The molecule has 0 bridgehead atoms. The molecule has 3 heteroatoms. The van der Waals surface area contributed by atoms with Crippen LogP contribution >= 0.6 is 11.3 Å². The van der Waals surface area contributed by atoms with Crippen LogP contribution in [0.2, 0.25) is 0 Å². The van der Waals surface area contributed by atoms with Crippen LogP contribution in [0.1, 0.15) is 26.5 Å². The van der Waals surface area contributed by atoms with Gasteiger partial charge in [0.05, 0.1) is 5.56 Å². The maximum atomic E-state index is 11.6. The van der Waals surface area contributed by atoms with Gasteiger partial charge >= 0.3 is 0 Å². The lowest BCUT2D eigenvalue weighted by Gasteiger charge is -2.01. The van der Waals surface area contributed by atoms with Gasteiger partial charge in [0.15, 0.2) is 0 Å². The average molecular weight is 209 g/mol. The molecule has 1 heterocycles. The second-order valence-corrected chi connectivity index (χ2v) is 4.62. The summed E-state index contributed by atoms with van der Waals surface area (Å²) in [4.78, 5) is 13.9. The summed E-state index contributed by atoms with van der Waals surface area (Å²) in [7, 11) is 0. The second-order valence-electron chi connectivity index (χ2n) is 3.16. The van der Waals surface area contributed by atoms with Crippen molar-refractivity contribution in [3.05, 3.63) is 34.0 Å². The van der Waals surface area contributed by atoms with Crippen LogP contribution in [0.5, 0.6) is 0 Å². The van der Waals surface area contributed by atoms with Gasteiger partial charge in [0, 0.05) is 16.3 Å². The molecule has 1 aromatic rings. The van der Waals surface area contributed by atoms with E-state index in [4.69, 9.17) is 0 Å². The molecule has 0 atom stereocenters. The molecular formula is C11H15NOS. The van der Waals surface area contributed by atoms with Crippen molar-refractivity contribution < 1.29 is 4.79 Å². The second kappa shape index (κ2) is 4.96. The molecule has 1 aromatic heterocycles. The summed E-state index contributed by atoms with van der Waals surface area (Å²) in [6.45, 7) is 8.25. The summed E-state index contributed by atoms with van der Waals surface area (Å²) in [5, 5.41) is 2.85. The molecule has 0 aliphatic rings. The van der Waals surface area contributed by atoms with Gasteiger partial charge in [-0.3, -0.25) is 4.79 Å². The number of rotatable bonds is 4. The first-order valence-electron chi connectivity index (χ1n) is 4.61. The van der Waals surface area contributed by atoms with Crippen molar-refractivity contribution in [3.63, 3.8) is 0 Å². The molecule has 0 aliphatic carbocycles. The minimum atomic E-state index is 0.0219. The normalized spacial score (nSPS) is 9.86. The van der Waals surface area contributed by atoms with Gasteiger partial charge in [-0.05, 0) is 26.3 Å². The summed E-state index contributed by atoms with van der Waals surface area (Å²) < 4.78 is 0. The van der Waals surface area contributed by atoms with Gasteiger partial charge in [-0.15, -0.1) is 17.9 Å². The van der Waals surface area contributed by atoms with Gasteiger partial charge in [0.2, 0.25) is 0 Å². The Kier molecular flexibility index (Phi) is 3.89. The first kappa shape index (κ1) is 11.0. The SMILES string of the molecule is C=CCCNC(=O)c1cc(C)sc1C. The Labute approximate surface area is 88.6 Å². The number of nitrogens with one attached hydrogen (secondary N) is 1. The zero-order valence-corrected chi connectivity index (χ0v) is 9.41. The molecule has 0 aliphatic heterocycles. The Bertz CT molecular complexity index is 341. The van der Waals surface area contributed by atoms with Crippen molar-refractivity contribution in [1.29, 1.82) is 0 Å². The number of hydrogen-bond acceptors (Lipinski definition) is 2. The summed E-state index contributed by atoms with van der Waals surface area (Å²) in [6, 6.07) is 1.93. The van der Waals surface area contributed by atoms with Gasteiger partial charge in [-0.1, -0.05) is 6.08 Å². The number of carbonyl (C=O) groups excluding carboxylic acids is 1. The number of carbonyl (C=O) groups is 1. The van der Waals surface area contributed by atoms with E-state index in [0.29, 0.717) is 6.54 Å². The van der Waals surface area contributed by atoms with E-state index in [1.807, 2.05) is 19.9 Å². The van der Waals surface area contributed by atoms with Crippen molar-refractivity contribution in [2.75, 3.05) is 6.54 Å². The molecule has 1 amide bonds. The van der Waals surface area contributed by atoms with Crippen molar-refractivity contribution >= 4 is 17.2 Å². The van der Waals surface area contributed by atoms with E-state index >= 15 is 0 Å². The Hall–Kier alpha value is -1.09. The molecular weight excluding hydrogens is 194 g/mol. The first-order valence-corrected chi connectivity index (χ1v) is 5.43. The molecule has 0 saturated heterocycles. The molecule has 14 heavy (non-hydrogen) atoms. The standard InChI is InChI=1S/C11H15NOS/c1-4-5-6-12-11(13)10-7-8(2)14-9(10)3/h4,7H,1,5-6H2,2-3H3,(H,12,13). The Morgan fingerprint density at radius 3 is 2.86 bits per heavy atom. The lowest BCUT2D eigenvalue weighted by molar-refractivity contribution is 0.0954. The third-order valence-corrected chi connectivity index (χ3v) is 2.89. The zero-order valence-electron chi connectivity index (χ0n) is 8.59. The molecule has 0 spiro atoms. The van der Waals surface area contributed by atoms with Crippen LogP contribution in [0.3, 0.4) is 0 Å². The van der Waals surface area contributed by atoms with Gasteiger partial charge in [-0.2, -0.15) is 0 Å². The monoisotopic (exact) mass is 209 g/mol. The summed E-state index contributed by atoms with van der Waals surface area (Å²) >= 11 is 1.66. The third-order valence-electron chi connectivity index (χ3n) is 1.92. The zero-order chi connectivity index (χ0) is 10.6. The fourth-order valence-electron chi connectivity index (χ4n) is 1.24. The van der Waals surface area contributed by atoms with E-state index in [2.05, 4.69) is 11.9 Å². The topological polar surface area (TPSA) is 29.1 Å². The minimum absolute atomic E-state index is 0.0219. The average Bonchev–Trinajstić information content (AvgIpc) is 2.45. The molecule has 0 unspecified atom stereocenters. The van der Waals surface area contributed by atoms with E-state index in [9.17, 15) is 4.79 Å². The molecule has 2 nitrogen and oxygen atoms in total. The van der Waals surface area contributed by atoms with Crippen LogP contribution in [0.25, 0.3) is 0 Å². The molecule has 1 N–H and O–H groups in total. The highest BCUT2D eigenvalue weighted by Gasteiger charge is 2.10. The van der Waals surface area contributed by atoms with Crippen molar-refractivity contribution in [3.8, 4) is 0 Å². The predicted molar refractivity (Wildman–Crippen MR) is 60.9 cm³/mol. The summed E-state index contributed by atoms with van der Waals surface area (Å²) in [5.41, 5.74) is 0.802. The van der Waals surface area contributed by atoms with Crippen molar-refractivity contribution in [2.24, 2.45) is 0 Å². The van der Waals surface area contributed by atoms with E-state index in [-0.39, 0.29) is 5.91 Å². The van der Waals surface area contributed by atoms with Gasteiger partial charge in [0.1, 0.15) is 0 Å². The molecule has 0 radical (unpaired) electrons. The van der Waals surface area contributed by atoms with E-state index in [1.54, 1.807) is 17.4 Å². The quantitative estimate of drug-likeness (QED) is 0.599. The number of amides is 1. The first-order chi connectivity index (χ1) is 6.65. The number of aryl methyl sites for hydroxylation is 2. The Morgan fingerprint density at radius 2 is 2.36 bits per heavy atom. The lowest BCUT2D eigenvalue weighted by atomic mass is 10.2. The lowest BCUT2D eigenvalue weighted by Crippen LogP contribution is -2.24. The van der Waals surface area contributed by atoms with Crippen LogP contribution in [0.4, 0.5) is 0 Å². The fourth-order valence-corrected chi connectivity index (χ4v) is 2.16. The maximum Gasteiger partial charge on any atom is 0.252 e. The molecule has 0 fully saturated rings. The highest BCUT2D eigenvalue weighted by Crippen LogP contribution is 2.20. The van der Waals surface area contributed by atoms with Gasteiger partial charge < -0.3 is 5.32 Å². The van der Waals surface area contributed by atoms with E-state index < -0.39 is 0 Å². The van der Waals surface area contributed by atoms with Crippen LogP contribution in [0.15, 0.2) is 18.7 Å². The Morgan fingerprint density at radius 1 is 1.64 bits per heavy atom. The largest absolute Gasteiger partial charge is 0.352 e. The highest BCUT2D eigenvalue weighted by molar-refractivity contribution is 7.12. The highest BCUT2D eigenvalue weighted by atomic mass is 32.1. The molecule has 0 aromatic carbocycles. The van der Waals surface area contributed by atoms with E-state index in [0.717, 1.165) is 16.9 Å². The smallest absolute Gasteiger partial charge is 0.252 e. The van der Waals surface area contributed by atoms with Crippen LogP contribution in [-0.4, -0.2) is 12.5 Å². The Balaban J connectivity index is 2.60. The minimum Gasteiger partial charge on any atom is -0.352 e. The molecule has 1 rings (SSSR count). The number of thiophene rings is 1. The van der Waals surface area contributed by atoms with Crippen LogP contribution < -0.4 is 5.32 Å². The van der Waals surface area contributed by atoms with Gasteiger partial charge in [-0.25, -0.2) is 0 Å². The molecule has 0 saturated carbocycles. The van der Waals surface area contributed by atoms with E-state index in [1.165, 1.54) is 4.88 Å². The summed E-state index contributed by atoms with van der Waals surface area (Å²) in [6.07, 6.45) is 2.61. The van der Waals surface area contributed by atoms with Crippen LogP contribution in [-0.2, 0) is 0 Å². The van der Waals surface area contributed by atoms with Crippen molar-refractivity contribution in [2.45, 2.75) is 20.3 Å². The molecule has 76 valence electrons. The van der Waals surface area contributed by atoms with Crippen LogP contribution in [0, 0.1) is 13.8 Å². The number of hydrogen-bond donors (Lipinski definition) is 1. The predicted octanol–water partition coefficient (Wildman–Crippen LogP) is 2.67.